The third kappa shape index (κ3) is 18.9. The number of hydrogen-bond donors (Lipinski definition) is 2. The van der Waals surface area contributed by atoms with Crippen molar-refractivity contribution in [3.63, 3.8) is 0 Å². The van der Waals surface area contributed by atoms with Crippen molar-refractivity contribution in [2.75, 3.05) is 79.3 Å². The summed E-state index contributed by atoms with van der Waals surface area (Å²) in [5.74, 6) is -3.87. The Labute approximate surface area is 492 Å². The van der Waals surface area contributed by atoms with E-state index in [0.717, 1.165) is 38.8 Å². The Balaban J connectivity index is 1.03. The molecule has 0 bridgehead atoms. The number of halogens is 2. The van der Waals surface area contributed by atoms with Gasteiger partial charge in [-0.15, -0.1) is 0 Å². The molecule has 0 spiro atoms. The lowest BCUT2D eigenvalue weighted by atomic mass is 9.99. The minimum atomic E-state index is -2.61. The van der Waals surface area contributed by atoms with Gasteiger partial charge < -0.3 is 67.7 Å². The smallest absolute Gasteiger partial charge is 0.339 e. The molecule has 6 atom stereocenters. The van der Waals surface area contributed by atoms with Crippen LogP contribution in [-0.2, 0) is 60.7 Å². The molecule has 0 radical (unpaired) electrons. The summed E-state index contributed by atoms with van der Waals surface area (Å²) in [7, 11) is 0. The number of hydrogen-bond acceptors (Lipinski definition) is 16. The first-order valence-electron chi connectivity index (χ1n) is 29.7. The van der Waals surface area contributed by atoms with Crippen molar-refractivity contribution in [2.24, 2.45) is 11.8 Å². The van der Waals surface area contributed by atoms with Crippen molar-refractivity contribution in [1.82, 2.24) is 19.6 Å². The van der Waals surface area contributed by atoms with Crippen LogP contribution in [0.1, 0.15) is 114 Å². The molecule has 20 heteroatoms. The quantitative estimate of drug-likeness (QED) is 0.0546. The number of ether oxygens (including phenoxy) is 8. The SMILES string of the molecule is CC(C)COc1ccc(C(OC(=O)C(O)C(O)C(=O)OC(C(=O)N(Cc2ccc(F)cc2)C2CCN(CC[C@H]3CCOCO3)CC2)c2ccc(OCC(C)C)cc2)C(=O)N(Cc2ccc(F)cc2)C2CCN(CC[C@H]3CCOCO3)CC2)cc1. The molecule has 4 heterocycles. The van der Waals surface area contributed by atoms with Crippen molar-refractivity contribution >= 4 is 23.8 Å². The van der Waals surface area contributed by atoms with Gasteiger partial charge in [0.1, 0.15) is 36.7 Å². The summed E-state index contributed by atoms with van der Waals surface area (Å²) >= 11 is 0. The van der Waals surface area contributed by atoms with Gasteiger partial charge in [-0.1, -0.05) is 76.2 Å². The summed E-state index contributed by atoms with van der Waals surface area (Å²) in [6, 6.07) is 23.6. The maximum Gasteiger partial charge on any atom is 0.339 e. The summed E-state index contributed by atoms with van der Waals surface area (Å²) < 4.78 is 74.5. The van der Waals surface area contributed by atoms with E-state index in [-0.39, 0.29) is 73.9 Å². The van der Waals surface area contributed by atoms with Crippen LogP contribution < -0.4 is 9.47 Å². The molecule has 2 amide bonds. The van der Waals surface area contributed by atoms with Crippen molar-refractivity contribution < 1.29 is 76.1 Å². The second-order valence-corrected chi connectivity index (χ2v) is 23.2. The number of likely N-dealkylation sites (tertiary alicyclic amines) is 2. The highest BCUT2D eigenvalue weighted by atomic mass is 19.1. The van der Waals surface area contributed by atoms with Crippen LogP contribution >= 0.6 is 0 Å². The highest BCUT2D eigenvalue weighted by molar-refractivity contribution is 5.91. The Morgan fingerprint density at radius 2 is 0.893 bits per heavy atom. The minimum absolute atomic E-state index is 0.0183. The van der Waals surface area contributed by atoms with E-state index in [4.69, 9.17) is 37.9 Å². The van der Waals surface area contributed by atoms with E-state index in [9.17, 15) is 28.6 Å². The molecule has 4 fully saturated rings. The molecule has 84 heavy (non-hydrogen) atoms. The zero-order valence-electron chi connectivity index (χ0n) is 48.9. The minimum Gasteiger partial charge on any atom is -0.493 e. The van der Waals surface area contributed by atoms with Crippen LogP contribution in [0.25, 0.3) is 0 Å². The van der Waals surface area contributed by atoms with Crippen molar-refractivity contribution in [3.8, 4) is 11.5 Å². The summed E-state index contributed by atoms with van der Waals surface area (Å²) in [5, 5.41) is 23.4. The number of benzene rings is 4. The number of rotatable bonds is 27. The number of carbonyl (C=O) groups excluding carboxylic acids is 4. The normalized spacial score (nSPS) is 19.9. The second-order valence-electron chi connectivity index (χ2n) is 23.2. The molecule has 4 aromatic carbocycles. The van der Waals surface area contributed by atoms with E-state index in [2.05, 4.69) is 9.80 Å². The fraction of sp³-hybridized carbons (Fsp3) is 0.562. The lowest BCUT2D eigenvalue weighted by Gasteiger charge is -2.40. The Hall–Kier alpha value is -6.10. The van der Waals surface area contributed by atoms with Gasteiger partial charge in [0.05, 0.1) is 38.6 Å². The van der Waals surface area contributed by atoms with Crippen molar-refractivity contribution in [2.45, 2.75) is 141 Å². The molecular formula is C64H84F2N4O14. The highest BCUT2D eigenvalue weighted by Crippen LogP contribution is 2.32. The predicted octanol–water partition coefficient (Wildman–Crippen LogP) is 7.92. The summed E-state index contributed by atoms with van der Waals surface area (Å²) in [4.78, 5) is 67.2. The van der Waals surface area contributed by atoms with Gasteiger partial charge in [0.25, 0.3) is 11.8 Å². The number of nitrogens with zero attached hydrogens (tertiary/aromatic N) is 4. The summed E-state index contributed by atoms with van der Waals surface area (Å²) in [6.07, 6.45) is -2.98. The van der Waals surface area contributed by atoms with Crippen LogP contribution in [0.15, 0.2) is 97.1 Å². The Morgan fingerprint density at radius 1 is 0.536 bits per heavy atom. The number of aliphatic hydroxyl groups excluding tert-OH is 2. The van der Waals surface area contributed by atoms with Gasteiger partial charge in [-0.3, -0.25) is 9.59 Å². The first-order valence-corrected chi connectivity index (χ1v) is 29.7. The van der Waals surface area contributed by atoms with Gasteiger partial charge in [-0.25, -0.2) is 18.4 Å². The van der Waals surface area contributed by atoms with Gasteiger partial charge in [0.2, 0.25) is 12.2 Å². The summed E-state index contributed by atoms with van der Waals surface area (Å²) in [6.45, 7) is 14.9. The molecule has 4 aliphatic rings. The molecule has 4 unspecified atom stereocenters. The Kier molecular flexibility index (Phi) is 24.2. The topological polar surface area (TPSA) is 196 Å². The van der Waals surface area contributed by atoms with E-state index in [1.165, 1.54) is 24.3 Å². The first kappa shape index (κ1) is 63.9. The molecule has 2 N–H and O–H groups in total. The molecule has 458 valence electrons. The molecule has 4 aromatic rings. The number of esters is 2. The maximum absolute atomic E-state index is 15.3. The first-order chi connectivity index (χ1) is 40.6. The number of carbonyl (C=O) groups is 4. The Morgan fingerprint density at radius 3 is 1.21 bits per heavy atom. The van der Waals surface area contributed by atoms with Crippen molar-refractivity contribution in [3.05, 3.63) is 131 Å². The van der Waals surface area contributed by atoms with E-state index >= 15 is 9.59 Å². The van der Waals surface area contributed by atoms with E-state index in [1.807, 2.05) is 27.7 Å². The largest absolute Gasteiger partial charge is 0.493 e. The molecule has 0 saturated carbocycles. The van der Waals surface area contributed by atoms with E-state index in [1.54, 1.807) is 82.6 Å². The van der Waals surface area contributed by atoms with Crippen LogP contribution in [0.4, 0.5) is 8.78 Å². The Bertz CT molecular complexity index is 2480. The molecule has 4 aliphatic heterocycles. The van der Waals surface area contributed by atoms with Gasteiger partial charge in [-0.05, 0) is 123 Å². The fourth-order valence-corrected chi connectivity index (χ4v) is 10.8. The zero-order valence-corrected chi connectivity index (χ0v) is 48.9. The van der Waals surface area contributed by atoms with Crippen LogP contribution in [0.2, 0.25) is 0 Å². The molecule has 18 nitrogen and oxygen atoms in total. The average molecular weight is 1170 g/mol. The lowest BCUT2D eigenvalue weighted by Crippen LogP contribution is -2.50. The molecular weight excluding hydrogens is 1090 g/mol. The second kappa shape index (κ2) is 31.9. The lowest BCUT2D eigenvalue weighted by molar-refractivity contribution is -0.184. The van der Waals surface area contributed by atoms with Gasteiger partial charge in [-0.2, -0.15) is 0 Å². The summed E-state index contributed by atoms with van der Waals surface area (Å²) in [5.41, 5.74) is 1.65. The third-order valence-corrected chi connectivity index (χ3v) is 15.8. The van der Waals surface area contributed by atoms with Crippen LogP contribution in [0, 0.1) is 23.5 Å². The third-order valence-electron chi connectivity index (χ3n) is 15.8. The van der Waals surface area contributed by atoms with Crippen LogP contribution in [0.3, 0.4) is 0 Å². The van der Waals surface area contributed by atoms with Crippen LogP contribution in [-0.4, -0.2) is 169 Å². The standard InChI is InChI=1S/C64H84F2N4O14/c1-43(2)39-79-53-17-9-47(10-18-53)59(61(73)69(37-45-5-13-49(65)14-6-45)51-21-29-67(30-22-51)33-25-55-27-35-77-41-81-55)83-63(75)57(71)58(72)64(76)84-60(48-11-19-54(20-12-48)80-40-44(3)4)62(74)70(38-46-7-15-50(66)16-8-46)52-23-31-68(32-24-52)34-26-56-28-36-78-42-82-56/h5-20,43-44,51-52,55-60,71-72H,21-42H2,1-4H3/t55-,56-,57?,58?,59?,60?/m0/s1. The predicted molar refractivity (Wildman–Crippen MR) is 306 cm³/mol. The monoisotopic (exact) mass is 1170 g/mol. The molecule has 8 rings (SSSR count). The molecule has 0 aliphatic carbocycles. The number of piperidine rings is 2. The van der Waals surface area contributed by atoms with Crippen molar-refractivity contribution in [1.29, 1.82) is 0 Å². The van der Waals surface area contributed by atoms with Gasteiger partial charge >= 0.3 is 11.9 Å². The molecule has 0 aromatic heterocycles. The number of amides is 2. The molecule has 4 saturated heterocycles. The van der Waals surface area contributed by atoms with E-state index < -0.39 is 59.8 Å². The number of aliphatic hydroxyl groups is 2. The van der Waals surface area contributed by atoms with Gasteiger partial charge in [0, 0.05) is 75.6 Å². The fourth-order valence-electron chi connectivity index (χ4n) is 10.8. The van der Waals surface area contributed by atoms with Gasteiger partial charge in [0.15, 0.2) is 12.2 Å². The highest BCUT2D eigenvalue weighted by Gasteiger charge is 2.42. The van der Waals surface area contributed by atoms with E-state index in [0.29, 0.717) is 101 Å². The maximum atomic E-state index is 15.3. The van der Waals surface area contributed by atoms with Crippen LogP contribution in [0.5, 0.6) is 11.5 Å². The zero-order chi connectivity index (χ0) is 59.5. The average Bonchev–Trinajstić information content (AvgIpc) is 3.53.